The van der Waals surface area contributed by atoms with E-state index in [1.54, 1.807) is 101 Å². The number of halogens is 1. The highest BCUT2D eigenvalue weighted by molar-refractivity contribution is 14.1. The van der Waals surface area contributed by atoms with E-state index >= 15 is 0 Å². The number of nitrogens with zero attached hydrogens (tertiary/aromatic N) is 2. The van der Waals surface area contributed by atoms with Crippen LogP contribution in [0.4, 0.5) is 0 Å². The van der Waals surface area contributed by atoms with Gasteiger partial charge in [0.25, 0.3) is 11.5 Å². The number of hydrogen-bond donors (Lipinski definition) is 0. The van der Waals surface area contributed by atoms with Crippen molar-refractivity contribution in [1.29, 1.82) is 0 Å². The second kappa shape index (κ2) is 12.4. The molecule has 2 heterocycles. The fourth-order valence-corrected chi connectivity index (χ4v) is 4.92. The predicted molar refractivity (Wildman–Crippen MR) is 155 cm³/mol. The molecule has 3 aromatic carbocycles. The lowest BCUT2D eigenvalue weighted by Crippen LogP contribution is -2.45. The predicted octanol–water partition coefficient (Wildman–Crippen LogP) is 3.67. The summed E-state index contributed by atoms with van der Waals surface area (Å²) >= 11 is 1.75. The Balaban J connectivity index is 1.44. The van der Waals surface area contributed by atoms with Crippen LogP contribution in [0.25, 0.3) is 0 Å². The summed E-state index contributed by atoms with van der Waals surface area (Å²) in [6.45, 7) is -0.272. The van der Waals surface area contributed by atoms with E-state index in [2.05, 4.69) is 0 Å². The maximum Gasteiger partial charge on any atom is 0.340 e. The molecule has 0 bridgehead atoms. The Morgan fingerprint density at radius 2 is 1.34 bits per heavy atom. The van der Waals surface area contributed by atoms with Gasteiger partial charge >= 0.3 is 17.6 Å². The molecular weight excluding hydrogens is 643 g/mol. The number of benzene rings is 3. The molecule has 0 amide bonds. The van der Waals surface area contributed by atoms with Crippen molar-refractivity contribution in [2.45, 2.75) is 24.9 Å². The van der Waals surface area contributed by atoms with Gasteiger partial charge in [-0.15, -0.1) is 0 Å². The van der Waals surface area contributed by atoms with Crippen molar-refractivity contribution < 1.29 is 28.6 Å². The Morgan fingerprint density at radius 3 is 1.93 bits per heavy atom. The van der Waals surface area contributed by atoms with E-state index in [1.165, 1.54) is 18.3 Å². The van der Waals surface area contributed by atoms with E-state index < -0.39 is 47.5 Å². The topological polar surface area (TPSA) is 123 Å². The molecule has 1 fully saturated rings. The summed E-state index contributed by atoms with van der Waals surface area (Å²) in [5, 5.41) is 0. The molecule has 11 heteroatoms. The SMILES string of the molecule is O=C(OC[C@H]1O[C@@H](n2cc(I)c(=O)n(C(=O)c3ccccc3)c2=O)C[C@@H]1OC(=O)c1ccccc1)c1ccccc1. The summed E-state index contributed by atoms with van der Waals surface area (Å²) in [5.41, 5.74) is -0.877. The minimum atomic E-state index is -1.03. The summed E-state index contributed by atoms with van der Waals surface area (Å²) < 4.78 is 19.0. The quantitative estimate of drug-likeness (QED) is 0.217. The highest BCUT2D eigenvalue weighted by atomic mass is 127. The first-order chi connectivity index (χ1) is 19.8. The van der Waals surface area contributed by atoms with Crippen LogP contribution < -0.4 is 11.2 Å². The average molecular weight is 666 g/mol. The van der Waals surface area contributed by atoms with Crippen molar-refractivity contribution in [2.24, 2.45) is 0 Å². The third kappa shape index (κ3) is 6.20. The second-order valence-electron chi connectivity index (χ2n) is 9.12. The summed E-state index contributed by atoms with van der Waals surface area (Å²) in [5.74, 6) is -2.00. The Bertz CT molecular complexity index is 1690. The third-order valence-corrected chi connectivity index (χ3v) is 7.18. The lowest BCUT2D eigenvalue weighted by Gasteiger charge is -2.19. The molecule has 0 unspecified atom stereocenters. The molecule has 10 nitrogen and oxygen atoms in total. The molecular formula is C30H23IN2O8. The zero-order chi connectivity index (χ0) is 28.9. The largest absolute Gasteiger partial charge is 0.459 e. The van der Waals surface area contributed by atoms with Crippen molar-refractivity contribution in [2.75, 3.05) is 6.61 Å². The van der Waals surface area contributed by atoms with Gasteiger partial charge < -0.3 is 14.2 Å². The van der Waals surface area contributed by atoms with Crippen LogP contribution in [0.5, 0.6) is 0 Å². The van der Waals surface area contributed by atoms with Gasteiger partial charge in [-0.1, -0.05) is 54.6 Å². The monoisotopic (exact) mass is 666 g/mol. The zero-order valence-corrected chi connectivity index (χ0v) is 23.6. The van der Waals surface area contributed by atoms with Crippen molar-refractivity contribution in [3.8, 4) is 0 Å². The van der Waals surface area contributed by atoms with E-state index in [1.807, 2.05) is 0 Å². The van der Waals surface area contributed by atoms with Crippen molar-refractivity contribution in [1.82, 2.24) is 9.13 Å². The smallest absolute Gasteiger partial charge is 0.340 e. The van der Waals surface area contributed by atoms with Gasteiger partial charge in [-0.05, 0) is 59.0 Å². The van der Waals surface area contributed by atoms with E-state index in [9.17, 15) is 24.0 Å². The Kier molecular flexibility index (Phi) is 8.55. The van der Waals surface area contributed by atoms with Crippen LogP contribution in [0, 0.1) is 3.57 Å². The molecule has 5 rings (SSSR count). The van der Waals surface area contributed by atoms with Crippen molar-refractivity contribution in [3.63, 3.8) is 0 Å². The maximum atomic E-state index is 13.5. The maximum absolute atomic E-state index is 13.5. The normalized spacial score (nSPS) is 18.0. The Morgan fingerprint density at radius 1 is 0.805 bits per heavy atom. The highest BCUT2D eigenvalue weighted by Crippen LogP contribution is 2.31. The van der Waals surface area contributed by atoms with Crippen LogP contribution in [0.2, 0.25) is 0 Å². The molecule has 1 saturated heterocycles. The number of esters is 2. The number of carbonyl (C=O) groups is 3. The van der Waals surface area contributed by atoms with Crippen molar-refractivity contribution in [3.05, 3.63) is 138 Å². The molecule has 41 heavy (non-hydrogen) atoms. The molecule has 208 valence electrons. The van der Waals surface area contributed by atoms with Gasteiger partial charge in [-0.25, -0.2) is 14.4 Å². The first-order valence-corrected chi connectivity index (χ1v) is 13.7. The van der Waals surface area contributed by atoms with E-state index in [4.69, 9.17) is 14.2 Å². The molecule has 1 aliphatic heterocycles. The highest BCUT2D eigenvalue weighted by Gasteiger charge is 2.41. The Hall–Kier alpha value is -4.36. The van der Waals surface area contributed by atoms with Crippen LogP contribution >= 0.6 is 22.6 Å². The first-order valence-electron chi connectivity index (χ1n) is 12.6. The molecule has 0 N–H and O–H groups in total. The fraction of sp³-hybridized carbons (Fsp3) is 0.167. The van der Waals surface area contributed by atoms with Gasteiger partial charge in [-0.3, -0.25) is 14.2 Å². The summed E-state index contributed by atoms with van der Waals surface area (Å²) in [7, 11) is 0. The van der Waals surface area contributed by atoms with Gasteiger partial charge in [0.15, 0.2) is 0 Å². The standard InChI is InChI=1S/C30H23IN2O8/c31-22-17-32(30(38)33(27(22)35)26(34)19-10-4-1-5-11-19)25-16-23(41-29(37)21-14-8-3-9-15-21)24(40-25)18-39-28(36)20-12-6-2-7-13-20/h1-15,17,23-25H,16,18H2/t23-,24+,25+/m0/s1. The number of ether oxygens (including phenoxy) is 3. The number of hydrogen-bond acceptors (Lipinski definition) is 8. The number of rotatable bonds is 7. The second-order valence-corrected chi connectivity index (χ2v) is 10.3. The molecule has 3 atom stereocenters. The average Bonchev–Trinajstić information content (AvgIpc) is 3.41. The van der Waals surface area contributed by atoms with Gasteiger partial charge in [0.1, 0.15) is 25.0 Å². The van der Waals surface area contributed by atoms with Crippen LogP contribution in [-0.2, 0) is 14.2 Å². The minimum absolute atomic E-state index is 0.000153. The van der Waals surface area contributed by atoms with Gasteiger partial charge in [0.05, 0.1) is 14.7 Å². The third-order valence-electron chi connectivity index (χ3n) is 6.44. The molecule has 0 saturated carbocycles. The number of aromatic nitrogens is 2. The van der Waals surface area contributed by atoms with E-state index in [-0.39, 0.29) is 22.2 Å². The summed E-state index contributed by atoms with van der Waals surface area (Å²) in [4.78, 5) is 64.9. The molecule has 1 aliphatic rings. The lowest BCUT2D eigenvalue weighted by atomic mass is 10.1. The molecule has 4 aromatic rings. The fourth-order valence-electron chi connectivity index (χ4n) is 4.38. The van der Waals surface area contributed by atoms with Gasteiger partial charge in [0, 0.05) is 18.2 Å². The molecule has 0 spiro atoms. The summed E-state index contributed by atoms with van der Waals surface area (Å²) in [6, 6.07) is 24.7. The van der Waals surface area contributed by atoms with Crippen molar-refractivity contribution >= 4 is 40.4 Å². The van der Waals surface area contributed by atoms with Crippen LogP contribution in [0.3, 0.4) is 0 Å². The molecule has 0 radical (unpaired) electrons. The Labute approximate surface area is 247 Å². The van der Waals surface area contributed by atoms with E-state index in [0.29, 0.717) is 15.7 Å². The zero-order valence-electron chi connectivity index (χ0n) is 21.4. The molecule has 1 aromatic heterocycles. The number of carbonyl (C=O) groups excluding carboxylic acids is 3. The van der Waals surface area contributed by atoms with E-state index in [0.717, 1.165) is 4.57 Å². The first kappa shape index (κ1) is 28.2. The van der Waals surface area contributed by atoms with Gasteiger partial charge in [-0.2, -0.15) is 4.57 Å². The minimum Gasteiger partial charge on any atom is -0.459 e. The van der Waals surface area contributed by atoms with Gasteiger partial charge in [0.2, 0.25) is 0 Å². The van der Waals surface area contributed by atoms with Crippen LogP contribution in [0.1, 0.15) is 43.7 Å². The summed E-state index contributed by atoms with van der Waals surface area (Å²) in [6.07, 6.45) is -1.58. The lowest BCUT2D eigenvalue weighted by molar-refractivity contribution is -0.0585. The molecule has 0 aliphatic carbocycles. The van der Waals surface area contributed by atoms with Crippen LogP contribution in [-0.4, -0.2) is 45.8 Å². The van der Waals surface area contributed by atoms with Crippen LogP contribution in [0.15, 0.2) is 107 Å².